The molecule has 1 aliphatic rings. The molecule has 0 bridgehead atoms. The molecule has 2 heterocycles. The van der Waals surface area contributed by atoms with Gasteiger partial charge in [-0.1, -0.05) is 13.8 Å². The van der Waals surface area contributed by atoms with E-state index in [0.717, 1.165) is 44.8 Å². The van der Waals surface area contributed by atoms with E-state index in [1.807, 2.05) is 6.20 Å². The summed E-state index contributed by atoms with van der Waals surface area (Å²) >= 11 is 0. The molecule has 118 valence electrons. The van der Waals surface area contributed by atoms with Crippen molar-refractivity contribution in [3.05, 3.63) is 24.0 Å². The van der Waals surface area contributed by atoms with Crippen molar-refractivity contribution in [1.29, 1.82) is 0 Å². The third kappa shape index (κ3) is 4.42. The fourth-order valence-electron chi connectivity index (χ4n) is 2.80. The van der Waals surface area contributed by atoms with Crippen molar-refractivity contribution in [2.45, 2.75) is 52.2 Å². The number of pyridine rings is 1. The smallest absolute Gasteiger partial charge is 0.0801 e. The highest BCUT2D eigenvalue weighted by molar-refractivity contribution is 5.45. The van der Waals surface area contributed by atoms with Crippen molar-refractivity contribution in [3.63, 3.8) is 0 Å². The average molecular weight is 291 g/mol. The first kappa shape index (κ1) is 16.2. The molecule has 1 saturated heterocycles. The predicted octanol–water partition coefficient (Wildman–Crippen LogP) is 3.15. The van der Waals surface area contributed by atoms with Gasteiger partial charge in [0.05, 0.1) is 29.8 Å². The Morgan fingerprint density at radius 1 is 1.38 bits per heavy atom. The van der Waals surface area contributed by atoms with Crippen LogP contribution in [0.4, 0.5) is 5.69 Å². The van der Waals surface area contributed by atoms with E-state index in [1.165, 1.54) is 5.69 Å². The maximum absolute atomic E-state index is 5.77. The van der Waals surface area contributed by atoms with E-state index in [2.05, 4.69) is 55.0 Å². The third-order valence-corrected chi connectivity index (χ3v) is 3.97. The zero-order chi connectivity index (χ0) is 15.3. The van der Waals surface area contributed by atoms with Crippen molar-refractivity contribution >= 4 is 5.69 Å². The maximum Gasteiger partial charge on any atom is 0.0801 e. The number of aromatic nitrogens is 1. The van der Waals surface area contributed by atoms with Crippen LogP contribution in [0.25, 0.3) is 0 Å². The van der Waals surface area contributed by atoms with Gasteiger partial charge in [-0.05, 0) is 45.4 Å². The standard InChI is InChI=1S/C17H29N3O/c1-5-9-18-15(6-2)16-8-7-14(12-19-16)20-10-11-21-17(3,4)13-20/h7-8,12,15,18H,5-6,9-11,13H2,1-4H3. The SMILES string of the molecule is CCCNC(CC)c1ccc(N2CCOC(C)(C)C2)cn1. The molecule has 1 aliphatic heterocycles. The highest BCUT2D eigenvalue weighted by Crippen LogP contribution is 2.24. The Morgan fingerprint density at radius 2 is 2.19 bits per heavy atom. The van der Waals surface area contributed by atoms with E-state index in [9.17, 15) is 0 Å². The van der Waals surface area contributed by atoms with Crippen molar-refractivity contribution < 1.29 is 4.74 Å². The van der Waals surface area contributed by atoms with Crippen LogP contribution in [0, 0.1) is 0 Å². The zero-order valence-corrected chi connectivity index (χ0v) is 13.9. The highest BCUT2D eigenvalue weighted by atomic mass is 16.5. The number of nitrogens with one attached hydrogen (secondary N) is 1. The van der Waals surface area contributed by atoms with Crippen molar-refractivity contribution in [3.8, 4) is 0 Å². The number of hydrogen-bond acceptors (Lipinski definition) is 4. The molecule has 0 saturated carbocycles. The molecule has 0 radical (unpaired) electrons. The largest absolute Gasteiger partial charge is 0.372 e. The van der Waals surface area contributed by atoms with E-state index >= 15 is 0 Å². The van der Waals surface area contributed by atoms with E-state index < -0.39 is 0 Å². The monoisotopic (exact) mass is 291 g/mol. The summed E-state index contributed by atoms with van der Waals surface area (Å²) in [6, 6.07) is 4.72. The van der Waals surface area contributed by atoms with E-state index in [1.54, 1.807) is 0 Å². The second kappa shape index (κ2) is 7.23. The van der Waals surface area contributed by atoms with Crippen molar-refractivity contribution in [2.75, 3.05) is 31.1 Å². The molecule has 1 fully saturated rings. The van der Waals surface area contributed by atoms with Crippen molar-refractivity contribution in [1.82, 2.24) is 10.3 Å². The molecule has 0 aromatic carbocycles. The number of ether oxygens (including phenoxy) is 1. The Morgan fingerprint density at radius 3 is 2.76 bits per heavy atom. The summed E-state index contributed by atoms with van der Waals surface area (Å²) in [5, 5.41) is 3.55. The van der Waals surface area contributed by atoms with Gasteiger partial charge in [0.2, 0.25) is 0 Å². The summed E-state index contributed by atoms with van der Waals surface area (Å²) in [4.78, 5) is 7.04. The van der Waals surface area contributed by atoms with Gasteiger partial charge >= 0.3 is 0 Å². The van der Waals surface area contributed by atoms with Gasteiger partial charge in [-0.3, -0.25) is 4.98 Å². The number of anilines is 1. The fourth-order valence-corrected chi connectivity index (χ4v) is 2.80. The Bertz CT molecular complexity index is 430. The summed E-state index contributed by atoms with van der Waals surface area (Å²) in [5.41, 5.74) is 2.26. The van der Waals surface area contributed by atoms with Gasteiger partial charge in [-0.2, -0.15) is 0 Å². The van der Waals surface area contributed by atoms with Gasteiger partial charge in [0.1, 0.15) is 0 Å². The number of rotatable bonds is 6. The molecule has 1 aromatic heterocycles. The summed E-state index contributed by atoms with van der Waals surface area (Å²) in [5.74, 6) is 0. The molecule has 2 rings (SSSR count). The van der Waals surface area contributed by atoms with Crippen LogP contribution in [-0.2, 0) is 4.74 Å². The first-order valence-corrected chi connectivity index (χ1v) is 8.14. The van der Waals surface area contributed by atoms with Crippen molar-refractivity contribution in [2.24, 2.45) is 0 Å². The third-order valence-electron chi connectivity index (χ3n) is 3.97. The number of nitrogens with zero attached hydrogens (tertiary/aromatic N) is 2. The second-order valence-electron chi connectivity index (χ2n) is 6.39. The van der Waals surface area contributed by atoms with Crippen LogP contribution in [0.2, 0.25) is 0 Å². The van der Waals surface area contributed by atoms with E-state index in [4.69, 9.17) is 4.74 Å². The van der Waals surface area contributed by atoms with Crippen LogP contribution in [0.3, 0.4) is 0 Å². The Labute approximate surface area is 128 Å². The molecule has 1 atom stereocenters. The molecule has 21 heavy (non-hydrogen) atoms. The Hall–Kier alpha value is -1.13. The maximum atomic E-state index is 5.77. The molecule has 4 heteroatoms. The topological polar surface area (TPSA) is 37.4 Å². The minimum atomic E-state index is -0.0778. The van der Waals surface area contributed by atoms with Gasteiger partial charge in [-0.25, -0.2) is 0 Å². The summed E-state index contributed by atoms with van der Waals surface area (Å²) in [6.45, 7) is 12.4. The average Bonchev–Trinajstić information content (AvgIpc) is 2.47. The van der Waals surface area contributed by atoms with Crippen LogP contribution in [0.5, 0.6) is 0 Å². The predicted molar refractivity (Wildman–Crippen MR) is 87.8 cm³/mol. The van der Waals surface area contributed by atoms with Crippen LogP contribution < -0.4 is 10.2 Å². The first-order chi connectivity index (χ1) is 10.1. The van der Waals surface area contributed by atoms with Gasteiger partial charge in [-0.15, -0.1) is 0 Å². The van der Waals surface area contributed by atoms with Gasteiger partial charge in [0.15, 0.2) is 0 Å². The molecule has 1 aromatic rings. The summed E-state index contributed by atoms with van der Waals surface area (Å²) < 4.78 is 5.77. The highest BCUT2D eigenvalue weighted by Gasteiger charge is 2.27. The van der Waals surface area contributed by atoms with E-state index in [0.29, 0.717) is 6.04 Å². The lowest BCUT2D eigenvalue weighted by Gasteiger charge is -2.39. The molecule has 4 nitrogen and oxygen atoms in total. The summed E-state index contributed by atoms with van der Waals surface area (Å²) in [6.07, 6.45) is 4.22. The van der Waals surface area contributed by atoms with Crippen LogP contribution in [-0.4, -0.2) is 36.8 Å². The minimum Gasteiger partial charge on any atom is -0.372 e. The Balaban J connectivity index is 2.04. The molecular weight excluding hydrogens is 262 g/mol. The van der Waals surface area contributed by atoms with Gasteiger partial charge < -0.3 is 15.0 Å². The van der Waals surface area contributed by atoms with Crippen LogP contribution >= 0.6 is 0 Å². The van der Waals surface area contributed by atoms with Crippen LogP contribution in [0.1, 0.15) is 52.3 Å². The zero-order valence-electron chi connectivity index (χ0n) is 13.9. The molecule has 0 aliphatic carbocycles. The lowest BCUT2D eigenvalue weighted by atomic mass is 10.1. The quantitative estimate of drug-likeness (QED) is 0.873. The molecular formula is C17H29N3O. The first-order valence-electron chi connectivity index (χ1n) is 8.14. The molecule has 0 spiro atoms. The van der Waals surface area contributed by atoms with Crippen LogP contribution in [0.15, 0.2) is 18.3 Å². The number of hydrogen-bond donors (Lipinski definition) is 1. The number of morpholine rings is 1. The minimum absolute atomic E-state index is 0.0778. The van der Waals surface area contributed by atoms with Gasteiger partial charge in [0.25, 0.3) is 0 Å². The lowest BCUT2D eigenvalue weighted by Crippen LogP contribution is -2.48. The second-order valence-corrected chi connectivity index (χ2v) is 6.39. The fraction of sp³-hybridized carbons (Fsp3) is 0.706. The Kier molecular flexibility index (Phi) is 5.59. The van der Waals surface area contributed by atoms with E-state index in [-0.39, 0.29) is 5.60 Å². The molecule has 0 amide bonds. The molecule has 1 N–H and O–H groups in total. The normalized spacial score (nSPS) is 19.5. The summed E-state index contributed by atoms with van der Waals surface area (Å²) in [7, 11) is 0. The lowest BCUT2D eigenvalue weighted by molar-refractivity contribution is -0.0277. The van der Waals surface area contributed by atoms with Gasteiger partial charge in [0, 0.05) is 19.1 Å². The molecule has 1 unspecified atom stereocenters.